The first-order valence-electron chi connectivity index (χ1n) is 12.2. The second kappa shape index (κ2) is 10.8. The fraction of sp³-hybridized carbons (Fsp3) is 0.560. The van der Waals surface area contributed by atoms with E-state index in [0.717, 1.165) is 80.9 Å². The zero-order valence-corrected chi connectivity index (χ0v) is 20.7. The number of ether oxygens (including phenoxy) is 1. The lowest BCUT2D eigenvalue weighted by Gasteiger charge is -2.32. The van der Waals surface area contributed by atoms with Crippen LogP contribution in [0.1, 0.15) is 54.4 Å². The molecule has 0 saturated carbocycles. The molecule has 1 aromatic heterocycles. The molecular formula is C25H31Cl2N5O2. The standard InChI is InChI=1S/C25H31Cl2N5O2/c26-19-4-3-17(13-20(19)27)24(21-2-1-8-28-21)31-25(33)32-9-5-18-14-29-23(30-22(18)15-32)12-16-6-10-34-11-7-16/h3-4,13-14,16,21,24,28H,1-2,5-12,15H2,(H,31,33)/t21-,24-/m0/s1. The van der Waals surface area contributed by atoms with Crippen LogP contribution in [0.4, 0.5) is 4.79 Å². The number of rotatable bonds is 5. The van der Waals surface area contributed by atoms with E-state index >= 15 is 0 Å². The summed E-state index contributed by atoms with van der Waals surface area (Å²) >= 11 is 12.4. The summed E-state index contributed by atoms with van der Waals surface area (Å²) < 4.78 is 5.47. The first kappa shape index (κ1) is 23.8. The number of hydrogen-bond acceptors (Lipinski definition) is 5. The lowest BCUT2D eigenvalue weighted by atomic mass is 9.96. The molecule has 5 rings (SSSR count). The molecule has 0 radical (unpaired) electrons. The number of halogens is 2. The summed E-state index contributed by atoms with van der Waals surface area (Å²) in [6.07, 6.45) is 7.78. The van der Waals surface area contributed by atoms with Gasteiger partial charge in [0.25, 0.3) is 0 Å². The number of benzene rings is 1. The van der Waals surface area contributed by atoms with E-state index in [1.54, 1.807) is 6.07 Å². The Hall–Kier alpha value is -1.93. The molecule has 4 heterocycles. The maximum Gasteiger partial charge on any atom is 0.318 e. The monoisotopic (exact) mass is 503 g/mol. The highest BCUT2D eigenvalue weighted by Crippen LogP contribution is 2.30. The van der Waals surface area contributed by atoms with Crippen LogP contribution in [0.15, 0.2) is 24.4 Å². The Morgan fingerprint density at radius 1 is 1.24 bits per heavy atom. The smallest absolute Gasteiger partial charge is 0.318 e. The Bertz CT molecular complexity index is 1020. The topological polar surface area (TPSA) is 79.4 Å². The zero-order chi connectivity index (χ0) is 23.5. The normalized spacial score (nSPS) is 21.8. The Balaban J connectivity index is 1.28. The van der Waals surface area contributed by atoms with Crippen molar-refractivity contribution in [1.82, 2.24) is 25.5 Å². The summed E-state index contributed by atoms with van der Waals surface area (Å²) in [5.74, 6) is 1.44. The van der Waals surface area contributed by atoms with E-state index in [0.29, 0.717) is 29.1 Å². The number of carbonyl (C=O) groups is 1. The van der Waals surface area contributed by atoms with E-state index in [2.05, 4.69) is 15.6 Å². The van der Waals surface area contributed by atoms with Gasteiger partial charge in [-0.05, 0) is 67.8 Å². The molecule has 2 aromatic rings. The van der Waals surface area contributed by atoms with Crippen LogP contribution < -0.4 is 10.6 Å². The molecule has 0 bridgehead atoms. The van der Waals surface area contributed by atoms with E-state index < -0.39 is 0 Å². The summed E-state index contributed by atoms with van der Waals surface area (Å²) in [6.45, 7) is 3.73. The van der Waals surface area contributed by atoms with Crippen LogP contribution in [-0.4, -0.2) is 53.2 Å². The summed E-state index contributed by atoms with van der Waals surface area (Å²) in [5.41, 5.74) is 3.06. The van der Waals surface area contributed by atoms with Crippen molar-refractivity contribution in [3.8, 4) is 0 Å². The van der Waals surface area contributed by atoms with Gasteiger partial charge in [0.05, 0.1) is 28.3 Å². The molecule has 1 aromatic carbocycles. The minimum atomic E-state index is -0.180. The predicted molar refractivity (Wildman–Crippen MR) is 132 cm³/mol. The number of nitrogens with one attached hydrogen (secondary N) is 2. The van der Waals surface area contributed by atoms with Crippen molar-refractivity contribution in [3.63, 3.8) is 0 Å². The van der Waals surface area contributed by atoms with Gasteiger partial charge in [-0.25, -0.2) is 14.8 Å². The number of carbonyl (C=O) groups excluding carboxylic acids is 1. The molecule has 3 aliphatic rings. The number of aromatic nitrogens is 2. The Morgan fingerprint density at radius 2 is 2.09 bits per heavy atom. The second-order valence-electron chi connectivity index (χ2n) is 9.49. The first-order valence-corrected chi connectivity index (χ1v) is 13.0. The van der Waals surface area contributed by atoms with Gasteiger partial charge in [-0.1, -0.05) is 29.3 Å². The highest BCUT2D eigenvalue weighted by Gasteiger charge is 2.31. The van der Waals surface area contributed by atoms with E-state index in [1.165, 1.54) is 0 Å². The molecule has 34 heavy (non-hydrogen) atoms. The van der Waals surface area contributed by atoms with Gasteiger partial charge in [-0.3, -0.25) is 0 Å². The summed E-state index contributed by atoms with van der Waals surface area (Å²) in [5, 5.41) is 7.80. The molecule has 2 amide bonds. The van der Waals surface area contributed by atoms with E-state index in [4.69, 9.17) is 32.9 Å². The molecule has 2 saturated heterocycles. The molecule has 2 N–H and O–H groups in total. The summed E-state index contributed by atoms with van der Waals surface area (Å²) in [6, 6.07) is 5.49. The minimum absolute atomic E-state index is 0.0833. The van der Waals surface area contributed by atoms with E-state index in [9.17, 15) is 4.79 Å². The molecule has 2 atom stereocenters. The Morgan fingerprint density at radius 3 is 2.85 bits per heavy atom. The van der Waals surface area contributed by atoms with Gasteiger partial charge >= 0.3 is 6.03 Å². The minimum Gasteiger partial charge on any atom is -0.381 e. The largest absolute Gasteiger partial charge is 0.381 e. The molecule has 0 unspecified atom stereocenters. The van der Waals surface area contributed by atoms with E-state index in [-0.39, 0.29) is 18.1 Å². The molecule has 7 nitrogen and oxygen atoms in total. The second-order valence-corrected chi connectivity index (χ2v) is 10.3. The average Bonchev–Trinajstić information content (AvgIpc) is 3.39. The van der Waals surface area contributed by atoms with Gasteiger partial charge in [0.1, 0.15) is 5.82 Å². The van der Waals surface area contributed by atoms with Gasteiger partial charge in [0.15, 0.2) is 0 Å². The molecule has 0 aliphatic carbocycles. The van der Waals surface area contributed by atoms with Crippen LogP contribution in [0.3, 0.4) is 0 Å². The predicted octanol–water partition coefficient (Wildman–Crippen LogP) is 4.31. The highest BCUT2D eigenvalue weighted by atomic mass is 35.5. The van der Waals surface area contributed by atoms with Gasteiger partial charge in [0.2, 0.25) is 0 Å². The highest BCUT2D eigenvalue weighted by molar-refractivity contribution is 6.42. The lowest BCUT2D eigenvalue weighted by Crippen LogP contribution is -2.48. The van der Waals surface area contributed by atoms with Gasteiger partial charge < -0.3 is 20.3 Å². The summed E-state index contributed by atoms with van der Waals surface area (Å²) in [7, 11) is 0. The summed E-state index contributed by atoms with van der Waals surface area (Å²) in [4.78, 5) is 24.7. The molecule has 0 spiro atoms. The van der Waals surface area contributed by atoms with Crippen LogP contribution in [0.25, 0.3) is 0 Å². The number of amides is 2. The SMILES string of the molecule is O=C(N[C@@H](c1ccc(Cl)c(Cl)c1)[C@@H]1CCCN1)N1CCc2cnc(CC3CCOCC3)nc2C1. The Labute approximate surface area is 210 Å². The number of hydrogen-bond donors (Lipinski definition) is 2. The van der Waals surface area contributed by atoms with Crippen molar-refractivity contribution >= 4 is 29.2 Å². The Kier molecular flexibility index (Phi) is 7.54. The number of nitrogens with zero attached hydrogens (tertiary/aromatic N) is 3. The molecule has 182 valence electrons. The van der Waals surface area contributed by atoms with Crippen LogP contribution in [0.5, 0.6) is 0 Å². The first-order chi connectivity index (χ1) is 16.6. The fourth-order valence-corrected chi connectivity index (χ4v) is 5.47. The quantitative estimate of drug-likeness (QED) is 0.635. The van der Waals surface area contributed by atoms with E-state index in [1.807, 2.05) is 23.2 Å². The lowest BCUT2D eigenvalue weighted by molar-refractivity contribution is 0.0659. The van der Waals surface area contributed by atoms with Gasteiger partial charge in [-0.15, -0.1) is 0 Å². The number of fused-ring (bicyclic) bond motifs is 1. The maximum atomic E-state index is 13.4. The van der Waals surface area contributed by atoms with Crippen molar-refractivity contribution < 1.29 is 9.53 Å². The number of urea groups is 1. The van der Waals surface area contributed by atoms with Crippen molar-refractivity contribution in [2.24, 2.45) is 5.92 Å². The van der Waals surface area contributed by atoms with Crippen LogP contribution in [-0.2, 0) is 24.1 Å². The van der Waals surface area contributed by atoms with Gasteiger partial charge in [0, 0.05) is 38.4 Å². The van der Waals surface area contributed by atoms with Crippen molar-refractivity contribution in [2.75, 3.05) is 26.3 Å². The van der Waals surface area contributed by atoms with Crippen molar-refractivity contribution in [2.45, 2.75) is 57.2 Å². The van der Waals surface area contributed by atoms with Gasteiger partial charge in [-0.2, -0.15) is 0 Å². The third kappa shape index (κ3) is 5.48. The molecule has 3 aliphatic heterocycles. The third-order valence-electron chi connectivity index (χ3n) is 7.18. The maximum absolute atomic E-state index is 13.4. The molecule has 2 fully saturated rings. The van der Waals surface area contributed by atoms with Crippen molar-refractivity contribution in [1.29, 1.82) is 0 Å². The zero-order valence-electron chi connectivity index (χ0n) is 19.2. The van der Waals surface area contributed by atoms with Crippen LogP contribution >= 0.6 is 23.2 Å². The average molecular weight is 504 g/mol. The fourth-order valence-electron chi connectivity index (χ4n) is 5.17. The van der Waals surface area contributed by atoms with Crippen molar-refractivity contribution in [3.05, 3.63) is 57.1 Å². The van der Waals surface area contributed by atoms with Crippen LogP contribution in [0, 0.1) is 5.92 Å². The van der Waals surface area contributed by atoms with Crippen LogP contribution in [0.2, 0.25) is 10.0 Å². The third-order valence-corrected chi connectivity index (χ3v) is 7.92. The molecular weight excluding hydrogens is 473 g/mol. The molecule has 9 heteroatoms.